The maximum Gasteiger partial charge on any atom is 0.225 e. The lowest BCUT2D eigenvalue weighted by atomic mass is 10.2. The predicted molar refractivity (Wildman–Crippen MR) is 46.4 cm³/mol. The Morgan fingerprint density at radius 2 is 2.42 bits per heavy atom. The SMILES string of the molecule is CNC(=O)Cc1ccc(N)cn1. The molecule has 0 fully saturated rings. The molecule has 1 aromatic rings. The summed E-state index contributed by atoms with van der Waals surface area (Å²) in [6, 6.07) is 3.47. The number of hydrogen-bond acceptors (Lipinski definition) is 3. The van der Waals surface area contributed by atoms with Crippen molar-refractivity contribution in [3.05, 3.63) is 24.0 Å². The van der Waals surface area contributed by atoms with Crippen LogP contribution >= 0.6 is 0 Å². The highest BCUT2D eigenvalue weighted by Gasteiger charge is 2.00. The molecule has 4 heteroatoms. The molecule has 0 saturated heterocycles. The van der Waals surface area contributed by atoms with Gasteiger partial charge in [-0.1, -0.05) is 0 Å². The molecule has 0 aliphatic carbocycles. The van der Waals surface area contributed by atoms with Gasteiger partial charge in [0.25, 0.3) is 0 Å². The fourth-order valence-electron chi connectivity index (χ4n) is 0.793. The van der Waals surface area contributed by atoms with E-state index >= 15 is 0 Å². The molecule has 0 bridgehead atoms. The lowest BCUT2D eigenvalue weighted by molar-refractivity contribution is -0.120. The molecule has 1 heterocycles. The zero-order valence-corrected chi connectivity index (χ0v) is 6.87. The second-order valence-corrected chi connectivity index (χ2v) is 2.43. The number of amides is 1. The number of aromatic nitrogens is 1. The van der Waals surface area contributed by atoms with Gasteiger partial charge in [-0.25, -0.2) is 0 Å². The third kappa shape index (κ3) is 2.23. The molecular weight excluding hydrogens is 154 g/mol. The average molecular weight is 165 g/mol. The topological polar surface area (TPSA) is 68.0 Å². The summed E-state index contributed by atoms with van der Waals surface area (Å²) in [4.78, 5) is 14.9. The van der Waals surface area contributed by atoms with E-state index in [1.165, 1.54) is 6.20 Å². The number of likely N-dealkylation sites (N-methyl/N-ethyl adjacent to an activating group) is 1. The van der Waals surface area contributed by atoms with Crippen LogP contribution in [0.1, 0.15) is 5.69 Å². The minimum absolute atomic E-state index is 0.0488. The van der Waals surface area contributed by atoms with Crippen molar-refractivity contribution >= 4 is 11.6 Å². The Morgan fingerprint density at radius 3 is 2.92 bits per heavy atom. The molecule has 0 aromatic carbocycles. The minimum Gasteiger partial charge on any atom is -0.397 e. The molecule has 0 radical (unpaired) electrons. The van der Waals surface area contributed by atoms with Crippen molar-refractivity contribution in [3.63, 3.8) is 0 Å². The largest absolute Gasteiger partial charge is 0.397 e. The molecular formula is C8H11N3O. The lowest BCUT2D eigenvalue weighted by Gasteiger charge is -1.99. The Labute approximate surface area is 70.8 Å². The van der Waals surface area contributed by atoms with E-state index in [1.807, 2.05) is 0 Å². The number of nitrogen functional groups attached to an aromatic ring is 1. The van der Waals surface area contributed by atoms with Gasteiger partial charge in [-0.15, -0.1) is 0 Å². The summed E-state index contributed by atoms with van der Waals surface area (Å²) in [7, 11) is 1.60. The highest BCUT2D eigenvalue weighted by molar-refractivity contribution is 5.77. The first kappa shape index (κ1) is 8.52. The summed E-state index contributed by atoms with van der Waals surface area (Å²) in [6.07, 6.45) is 1.84. The van der Waals surface area contributed by atoms with Crippen molar-refractivity contribution in [2.75, 3.05) is 12.8 Å². The lowest BCUT2D eigenvalue weighted by Crippen LogP contribution is -2.20. The van der Waals surface area contributed by atoms with E-state index in [0.29, 0.717) is 12.1 Å². The highest BCUT2D eigenvalue weighted by Crippen LogP contribution is 2.01. The van der Waals surface area contributed by atoms with Gasteiger partial charge in [-0.05, 0) is 12.1 Å². The van der Waals surface area contributed by atoms with Gasteiger partial charge in [0.2, 0.25) is 5.91 Å². The summed E-state index contributed by atoms with van der Waals surface area (Å²) in [5, 5.41) is 2.52. The van der Waals surface area contributed by atoms with Crippen LogP contribution in [-0.2, 0) is 11.2 Å². The maximum atomic E-state index is 10.9. The van der Waals surface area contributed by atoms with E-state index in [9.17, 15) is 4.79 Å². The molecule has 0 aliphatic heterocycles. The van der Waals surface area contributed by atoms with Crippen LogP contribution in [0.5, 0.6) is 0 Å². The monoisotopic (exact) mass is 165 g/mol. The summed E-state index contributed by atoms with van der Waals surface area (Å²) in [5.41, 5.74) is 6.76. The van der Waals surface area contributed by atoms with Crippen molar-refractivity contribution in [2.24, 2.45) is 0 Å². The summed E-state index contributed by atoms with van der Waals surface area (Å²) in [5.74, 6) is -0.0488. The van der Waals surface area contributed by atoms with Crippen LogP contribution in [0.15, 0.2) is 18.3 Å². The molecule has 1 aromatic heterocycles. The predicted octanol–water partition coefficient (Wildman–Crippen LogP) is -0.0477. The molecule has 0 atom stereocenters. The Kier molecular flexibility index (Phi) is 2.63. The molecule has 1 rings (SSSR count). The molecule has 4 nitrogen and oxygen atoms in total. The first-order chi connectivity index (χ1) is 5.72. The number of rotatable bonds is 2. The van der Waals surface area contributed by atoms with Crippen LogP contribution in [0.2, 0.25) is 0 Å². The van der Waals surface area contributed by atoms with Gasteiger partial charge in [0.05, 0.1) is 18.3 Å². The van der Waals surface area contributed by atoms with Gasteiger partial charge in [-0.3, -0.25) is 9.78 Å². The number of hydrogen-bond donors (Lipinski definition) is 2. The molecule has 0 aliphatic rings. The molecule has 1 amide bonds. The van der Waals surface area contributed by atoms with E-state index in [2.05, 4.69) is 10.3 Å². The third-order valence-corrected chi connectivity index (χ3v) is 1.47. The molecule has 0 saturated carbocycles. The summed E-state index contributed by atoms with van der Waals surface area (Å²) >= 11 is 0. The Morgan fingerprint density at radius 1 is 1.67 bits per heavy atom. The van der Waals surface area contributed by atoms with Gasteiger partial charge in [0.1, 0.15) is 0 Å². The molecule has 3 N–H and O–H groups in total. The van der Waals surface area contributed by atoms with Gasteiger partial charge in [0, 0.05) is 12.7 Å². The Bertz CT molecular complexity index is 268. The number of carbonyl (C=O) groups is 1. The van der Waals surface area contributed by atoms with E-state index in [-0.39, 0.29) is 5.91 Å². The molecule has 64 valence electrons. The van der Waals surface area contributed by atoms with Gasteiger partial charge < -0.3 is 11.1 Å². The molecule has 0 spiro atoms. The highest BCUT2D eigenvalue weighted by atomic mass is 16.1. The number of anilines is 1. The average Bonchev–Trinajstić information content (AvgIpc) is 2.09. The van der Waals surface area contributed by atoms with Crippen molar-refractivity contribution < 1.29 is 4.79 Å². The zero-order chi connectivity index (χ0) is 8.97. The maximum absolute atomic E-state index is 10.9. The van der Waals surface area contributed by atoms with Crippen LogP contribution < -0.4 is 11.1 Å². The number of pyridine rings is 1. The van der Waals surface area contributed by atoms with Crippen LogP contribution in [-0.4, -0.2) is 17.9 Å². The fourth-order valence-corrected chi connectivity index (χ4v) is 0.793. The Hall–Kier alpha value is -1.58. The summed E-state index contributed by atoms with van der Waals surface area (Å²) < 4.78 is 0. The van der Waals surface area contributed by atoms with Crippen molar-refractivity contribution in [2.45, 2.75) is 6.42 Å². The fraction of sp³-hybridized carbons (Fsp3) is 0.250. The quantitative estimate of drug-likeness (QED) is 0.645. The van der Waals surface area contributed by atoms with Crippen LogP contribution in [0.3, 0.4) is 0 Å². The van der Waals surface area contributed by atoms with E-state index in [4.69, 9.17) is 5.73 Å². The van der Waals surface area contributed by atoms with Crippen LogP contribution in [0, 0.1) is 0 Å². The van der Waals surface area contributed by atoms with E-state index < -0.39 is 0 Å². The smallest absolute Gasteiger partial charge is 0.225 e. The molecule has 12 heavy (non-hydrogen) atoms. The van der Waals surface area contributed by atoms with Crippen LogP contribution in [0.4, 0.5) is 5.69 Å². The number of nitrogens with zero attached hydrogens (tertiary/aromatic N) is 1. The van der Waals surface area contributed by atoms with Crippen LogP contribution in [0.25, 0.3) is 0 Å². The first-order valence-electron chi connectivity index (χ1n) is 3.63. The van der Waals surface area contributed by atoms with Crippen molar-refractivity contribution in [1.82, 2.24) is 10.3 Å². The van der Waals surface area contributed by atoms with E-state index in [0.717, 1.165) is 5.69 Å². The number of nitrogens with one attached hydrogen (secondary N) is 1. The summed E-state index contributed by atoms with van der Waals surface area (Å²) in [6.45, 7) is 0. The van der Waals surface area contributed by atoms with E-state index in [1.54, 1.807) is 19.2 Å². The first-order valence-corrected chi connectivity index (χ1v) is 3.63. The van der Waals surface area contributed by atoms with Gasteiger partial charge >= 0.3 is 0 Å². The normalized spacial score (nSPS) is 9.42. The second-order valence-electron chi connectivity index (χ2n) is 2.43. The second kappa shape index (κ2) is 3.71. The third-order valence-electron chi connectivity index (χ3n) is 1.47. The minimum atomic E-state index is -0.0488. The standard InChI is InChI=1S/C8H11N3O/c1-10-8(12)4-7-3-2-6(9)5-11-7/h2-3,5H,4,9H2,1H3,(H,10,12). The van der Waals surface area contributed by atoms with Crippen molar-refractivity contribution in [1.29, 1.82) is 0 Å². The number of carbonyl (C=O) groups excluding carboxylic acids is 1. The number of nitrogens with two attached hydrogens (primary N) is 1. The Balaban J connectivity index is 2.64. The van der Waals surface area contributed by atoms with Gasteiger partial charge in [-0.2, -0.15) is 0 Å². The zero-order valence-electron chi connectivity index (χ0n) is 6.87. The molecule has 0 unspecified atom stereocenters. The van der Waals surface area contributed by atoms with Crippen molar-refractivity contribution in [3.8, 4) is 0 Å². The van der Waals surface area contributed by atoms with Gasteiger partial charge in [0.15, 0.2) is 0 Å².